The van der Waals surface area contributed by atoms with E-state index in [1.807, 2.05) is 0 Å². The molecule has 1 N–H and O–H groups in total. The molecule has 0 radical (unpaired) electrons. The number of benzene rings is 1. The first-order valence-electron chi connectivity index (χ1n) is 6.68. The number of aromatic nitrogens is 2. The van der Waals surface area contributed by atoms with Crippen LogP contribution in [0.3, 0.4) is 0 Å². The smallest absolute Gasteiger partial charge is 0.130 e. The van der Waals surface area contributed by atoms with Crippen molar-refractivity contribution in [1.29, 1.82) is 0 Å². The van der Waals surface area contributed by atoms with Crippen molar-refractivity contribution in [3.8, 4) is 11.5 Å². The van der Waals surface area contributed by atoms with Gasteiger partial charge in [0.1, 0.15) is 18.1 Å². The Balaban J connectivity index is 2.11. The van der Waals surface area contributed by atoms with Crippen molar-refractivity contribution in [3.05, 3.63) is 42.0 Å². The van der Waals surface area contributed by atoms with Crippen molar-refractivity contribution in [2.45, 2.75) is 33.1 Å². The second-order valence-corrected chi connectivity index (χ2v) is 4.50. The van der Waals surface area contributed by atoms with Crippen LogP contribution in [-0.4, -0.2) is 21.8 Å². The van der Waals surface area contributed by atoms with Gasteiger partial charge in [-0.25, -0.2) is 4.98 Å². The van der Waals surface area contributed by atoms with E-state index in [1.165, 1.54) is 0 Å². The van der Waals surface area contributed by atoms with Gasteiger partial charge in [-0.05, 0) is 18.6 Å². The van der Waals surface area contributed by atoms with Crippen molar-refractivity contribution in [2.24, 2.45) is 0 Å². The average Bonchev–Trinajstić information content (AvgIpc) is 2.92. The molecule has 5 nitrogen and oxygen atoms in total. The van der Waals surface area contributed by atoms with Crippen LogP contribution < -0.4 is 9.47 Å². The number of aryl methyl sites for hydroxylation is 1. The summed E-state index contributed by atoms with van der Waals surface area (Å²) in [6.45, 7) is 3.40. The number of aliphatic hydroxyl groups excluding tert-OH is 1. The van der Waals surface area contributed by atoms with Crippen LogP contribution in [-0.2, 0) is 19.8 Å². The summed E-state index contributed by atoms with van der Waals surface area (Å²) >= 11 is 0. The fourth-order valence-electron chi connectivity index (χ4n) is 1.99. The lowest BCUT2D eigenvalue weighted by Crippen LogP contribution is -2.06. The maximum absolute atomic E-state index is 9.34. The summed E-state index contributed by atoms with van der Waals surface area (Å²) in [7, 11) is 1.61. The molecule has 0 bridgehead atoms. The van der Waals surface area contributed by atoms with Gasteiger partial charge in [0, 0.05) is 18.2 Å². The van der Waals surface area contributed by atoms with E-state index in [1.54, 1.807) is 37.8 Å². The van der Waals surface area contributed by atoms with E-state index >= 15 is 0 Å². The van der Waals surface area contributed by atoms with Crippen molar-refractivity contribution in [1.82, 2.24) is 9.55 Å². The molecule has 0 fully saturated rings. The van der Waals surface area contributed by atoms with Crippen LogP contribution in [0.15, 0.2) is 30.7 Å². The number of nitrogens with zero attached hydrogens (tertiary/aromatic N) is 2. The summed E-state index contributed by atoms with van der Waals surface area (Å²) in [5.74, 6) is 1.34. The van der Waals surface area contributed by atoms with E-state index < -0.39 is 0 Å². The Hall–Kier alpha value is -2.01. The van der Waals surface area contributed by atoms with Gasteiger partial charge in [0.2, 0.25) is 0 Å². The molecule has 0 aliphatic carbocycles. The molecule has 0 atom stereocenters. The molecule has 5 heteroatoms. The Morgan fingerprint density at radius 1 is 1.35 bits per heavy atom. The summed E-state index contributed by atoms with van der Waals surface area (Å²) in [5.41, 5.74) is 1.76. The van der Waals surface area contributed by atoms with Crippen LogP contribution in [0.2, 0.25) is 0 Å². The van der Waals surface area contributed by atoms with Crippen LogP contribution in [0.5, 0.6) is 11.5 Å². The Bertz CT molecular complexity index is 552. The minimum atomic E-state index is -0.0620. The molecular weight excluding hydrogens is 256 g/mol. The fraction of sp³-hybridized carbons (Fsp3) is 0.400. The molecule has 0 saturated carbocycles. The number of hydrogen-bond acceptors (Lipinski definition) is 4. The minimum absolute atomic E-state index is 0.0620. The van der Waals surface area contributed by atoms with Gasteiger partial charge in [0.15, 0.2) is 0 Å². The van der Waals surface area contributed by atoms with E-state index in [4.69, 9.17) is 9.47 Å². The molecule has 1 heterocycles. The Morgan fingerprint density at radius 3 is 2.90 bits per heavy atom. The standard InChI is InChI=1S/C15H20N2O3/c1-3-6-17-11-16-8-13(17)10-20-15-7-14(19-2)5-4-12(15)9-18/h4-5,7-8,11,18H,3,6,9-10H2,1-2H3. The maximum Gasteiger partial charge on any atom is 0.130 e. The van der Waals surface area contributed by atoms with E-state index in [0.29, 0.717) is 18.1 Å². The van der Waals surface area contributed by atoms with E-state index in [9.17, 15) is 5.11 Å². The van der Waals surface area contributed by atoms with Gasteiger partial charge in [-0.1, -0.05) is 6.92 Å². The van der Waals surface area contributed by atoms with E-state index in [0.717, 1.165) is 24.2 Å². The molecule has 0 aliphatic heterocycles. The quantitative estimate of drug-likeness (QED) is 0.843. The predicted molar refractivity (Wildman–Crippen MR) is 75.8 cm³/mol. The zero-order chi connectivity index (χ0) is 14.4. The summed E-state index contributed by atoms with van der Waals surface area (Å²) in [6.07, 6.45) is 4.65. The zero-order valence-electron chi connectivity index (χ0n) is 11.9. The minimum Gasteiger partial charge on any atom is -0.497 e. The molecule has 20 heavy (non-hydrogen) atoms. The van der Waals surface area contributed by atoms with Gasteiger partial charge in [-0.15, -0.1) is 0 Å². The maximum atomic E-state index is 9.34. The lowest BCUT2D eigenvalue weighted by Gasteiger charge is -2.12. The monoisotopic (exact) mass is 276 g/mol. The number of hydrogen-bond donors (Lipinski definition) is 1. The van der Waals surface area contributed by atoms with Crippen molar-refractivity contribution >= 4 is 0 Å². The Morgan fingerprint density at radius 2 is 2.20 bits per heavy atom. The van der Waals surface area contributed by atoms with Crippen LogP contribution in [0, 0.1) is 0 Å². The molecule has 0 saturated heterocycles. The molecule has 0 unspecified atom stereocenters. The summed E-state index contributed by atoms with van der Waals surface area (Å²) < 4.78 is 13.0. The number of rotatable bonds is 7. The van der Waals surface area contributed by atoms with Crippen LogP contribution in [0.25, 0.3) is 0 Å². The lowest BCUT2D eigenvalue weighted by atomic mass is 10.2. The van der Waals surface area contributed by atoms with Gasteiger partial charge >= 0.3 is 0 Å². The summed E-state index contributed by atoms with van der Waals surface area (Å²) in [6, 6.07) is 5.39. The molecule has 1 aromatic heterocycles. The first-order chi connectivity index (χ1) is 9.78. The third-order valence-corrected chi connectivity index (χ3v) is 3.08. The topological polar surface area (TPSA) is 56.5 Å². The predicted octanol–water partition coefficient (Wildman–Crippen LogP) is 2.37. The van der Waals surface area contributed by atoms with E-state index in [-0.39, 0.29) is 6.61 Å². The molecule has 0 aliphatic rings. The number of ether oxygens (including phenoxy) is 2. The zero-order valence-corrected chi connectivity index (χ0v) is 11.9. The van der Waals surface area contributed by atoms with Crippen LogP contribution in [0.4, 0.5) is 0 Å². The summed E-state index contributed by atoms with van der Waals surface area (Å²) in [5, 5.41) is 9.34. The van der Waals surface area contributed by atoms with Crippen molar-refractivity contribution in [2.75, 3.05) is 7.11 Å². The highest BCUT2D eigenvalue weighted by Crippen LogP contribution is 2.25. The fourth-order valence-corrected chi connectivity index (χ4v) is 1.99. The van der Waals surface area contributed by atoms with Gasteiger partial charge in [-0.3, -0.25) is 0 Å². The van der Waals surface area contributed by atoms with Crippen molar-refractivity contribution < 1.29 is 14.6 Å². The van der Waals surface area contributed by atoms with E-state index in [2.05, 4.69) is 16.5 Å². The first kappa shape index (κ1) is 14.4. The number of imidazole rings is 1. The molecule has 108 valence electrons. The number of aliphatic hydroxyl groups is 1. The van der Waals surface area contributed by atoms with Gasteiger partial charge < -0.3 is 19.1 Å². The van der Waals surface area contributed by atoms with Gasteiger partial charge in [0.25, 0.3) is 0 Å². The third-order valence-electron chi connectivity index (χ3n) is 3.08. The molecule has 2 aromatic rings. The first-order valence-corrected chi connectivity index (χ1v) is 6.68. The SMILES string of the molecule is CCCn1cncc1COc1cc(OC)ccc1CO. The lowest BCUT2D eigenvalue weighted by molar-refractivity contribution is 0.254. The normalized spacial score (nSPS) is 10.6. The Labute approximate surface area is 118 Å². The molecular formula is C15H20N2O3. The second kappa shape index (κ2) is 6.96. The third kappa shape index (κ3) is 3.30. The molecule has 0 spiro atoms. The summed E-state index contributed by atoms with van der Waals surface area (Å²) in [4.78, 5) is 4.14. The largest absolute Gasteiger partial charge is 0.497 e. The van der Waals surface area contributed by atoms with Gasteiger partial charge in [-0.2, -0.15) is 0 Å². The molecule has 0 amide bonds. The highest BCUT2D eigenvalue weighted by Gasteiger charge is 2.07. The van der Waals surface area contributed by atoms with Crippen LogP contribution in [0.1, 0.15) is 24.6 Å². The molecule has 2 rings (SSSR count). The van der Waals surface area contributed by atoms with Gasteiger partial charge in [0.05, 0.1) is 31.9 Å². The Kier molecular flexibility index (Phi) is 5.01. The number of methoxy groups -OCH3 is 1. The highest BCUT2D eigenvalue weighted by atomic mass is 16.5. The highest BCUT2D eigenvalue weighted by molar-refractivity contribution is 5.40. The second-order valence-electron chi connectivity index (χ2n) is 4.50. The van der Waals surface area contributed by atoms with Crippen molar-refractivity contribution in [3.63, 3.8) is 0 Å². The molecule has 1 aromatic carbocycles. The average molecular weight is 276 g/mol. The van der Waals surface area contributed by atoms with Crippen LogP contribution >= 0.6 is 0 Å².